The van der Waals surface area contributed by atoms with E-state index in [0.717, 1.165) is 0 Å². The first-order valence-electron chi connectivity index (χ1n) is 7.98. The van der Waals surface area contributed by atoms with Gasteiger partial charge in [-0.05, 0) is 29.8 Å². The van der Waals surface area contributed by atoms with Crippen LogP contribution in [0.3, 0.4) is 0 Å². The Bertz CT molecular complexity index is 1150. The second-order valence-corrected chi connectivity index (χ2v) is 6.09. The molecule has 2 aromatic carbocycles. The maximum atomic E-state index is 15.3. The van der Waals surface area contributed by atoms with Crippen molar-refractivity contribution in [1.29, 1.82) is 0 Å². The number of anilines is 1. The molecule has 0 spiro atoms. The van der Waals surface area contributed by atoms with Gasteiger partial charge < -0.3 is 5.32 Å². The molecule has 4 aromatic rings. The highest BCUT2D eigenvalue weighted by Gasteiger charge is 2.17. The lowest BCUT2D eigenvalue weighted by Crippen LogP contribution is -2.02. The molecule has 4 rings (SSSR count). The lowest BCUT2D eigenvalue weighted by molar-refractivity contribution is 0.627. The van der Waals surface area contributed by atoms with Gasteiger partial charge in [-0.25, -0.2) is 23.7 Å². The molecule has 0 aliphatic carbocycles. The number of halogens is 3. The number of nitrogens with one attached hydrogen (secondary N) is 1. The van der Waals surface area contributed by atoms with Crippen LogP contribution in [0.15, 0.2) is 48.9 Å². The topological polar surface area (TPSA) is 63.6 Å². The minimum Gasteiger partial charge on any atom is -0.372 e. The average Bonchev–Trinajstić information content (AvgIpc) is 2.70. The van der Waals surface area contributed by atoms with Crippen molar-refractivity contribution in [3.05, 3.63) is 65.6 Å². The van der Waals surface area contributed by atoms with E-state index in [1.807, 2.05) is 0 Å². The van der Waals surface area contributed by atoms with Crippen molar-refractivity contribution in [3.8, 4) is 22.6 Å². The molecule has 0 radical (unpaired) electrons. The first-order chi connectivity index (χ1) is 13.1. The van der Waals surface area contributed by atoms with E-state index in [-0.39, 0.29) is 16.0 Å². The fourth-order valence-electron chi connectivity index (χ4n) is 2.78. The molecular formula is C19H12ClF2N5. The Kier molecular flexibility index (Phi) is 4.37. The summed E-state index contributed by atoms with van der Waals surface area (Å²) in [6.07, 6.45) is 4.61. The van der Waals surface area contributed by atoms with E-state index in [2.05, 4.69) is 25.3 Å². The van der Waals surface area contributed by atoms with Crippen molar-refractivity contribution in [3.63, 3.8) is 0 Å². The second kappa shape index (κ2) is 6.85. The Hall–Kier alpha value is -3.19. The highest BCUT2D eigenvalue weighted by molar-refractivity contribution is 6.31. The highest BCUT2D eigenvalue weighted by atomic mass is 35.5. The standard InChI is InChI=1S/C19H12ClF2N5/c1-23-19-16-14(26-18(27-19)15-9-24-6-7-25-15)5-3-11(17(16)22)10-2-4-13(21)12(20)8-10/h2-9H,1H3,(H,23,26,27). The molecule has 0 amide bonds. The fraction of sp³-hybridized carbons (Fsp3) is 0.0526. The molecule has 0 fully saturated rings. The smallest absolute Gasteiger partial charge is 0.182 e. The SMILES string of the molecule is CNc1nc(-c2cnccn2)nc2ccc(-c3ccc(F)c(Cl)c3)c(F)c12. The van der Waals surface area contributed by atoms with E-state index >= 15 is 4.39 Å². The van der Waals surface area contributed by atoms with Gasteiger partial charge in [-0.2, -0.15) is 0 Å². The van der Waals surface area contributed by atoms with Crippen molar-refractivity contribution < 1.29 is 8.78 Å². The summed E-state index contributed by atoms with van der Waals surface area (Å²) in [7, 11) is 1.64. The van der Waals surface area contributed by atoms with E-state index in [1.54, 1.807) is 25.4 Å². The van der Waals surface area contributed by atoms with E-state index < -0.39 is 11.6 Å². The van der Waals surface area contributed by atoms with Gasteiger partial charge in [-0.3, -0.25) is 4.98 Å². The predicted octanol–water partition coefficient (Wildman–Crippen LogP) is 4.73. The zero-order valence-corrected chi connectivity index (χ0v) is 14.8. The molecule has 0 unspecified atom stereocenters. The van der Waals surface area contributed by atoms with Crippen LogP contribution in [0.1, 0.15) is 0 Å². The van der Waals surface area contributed by atoms with Crippen LogP contribution in [-0.2, 0) is 0 Å². The minimum absolute atomic E-state index is 0.0740. The van der Waals surface area contributed by atoms with Crippen molar-refractivity contribution in [2.45, 2.75) is 0 Å². The van der Waals surface area contributed by atoms with E-state index in [0.29, 0.717) is 28.4 Å². The number of nitrogens with zero attached hydrogens (tertiary/aromatic N) is 4. The third-order valence-corrected chi connectivity index (χ3v) is 4.35. The summed E-state index contributed by atoms with van der Waals surface area (Å²) >= 11 is 5.83. The lowest BCUT2D eigenvalue weighted by atomic mass is 10.0. The fourth-order valence-corrected chi connectivity index (χ4v) is 2.96. The summed E-state index contributed by atoms with van der Waals surface area (Å²) in [4.78, 5) is 16.9. The molecule has 0 saturated heterocycles. The van der Waals surface area contributed by atoms with Crippen LogP contribution in [0, 0.1) is 11.6 Å². The molecule has 5 nitrogen and oxygen atoms in total. The van der Waals surface area contributed by atoms with Gasteiger partial charge in [0.15, 0.2) is 5.82 Å². The molecule has 8 heteroatoms. The molecule has 0 saturated carbocycles. The van der Waals surface area contributed by atoms with Gasteiger partial charge in [0.05, 0.1) is 22.1 Å². The van der Waals surface area contributed by atoms with E-state index in [4.69, 9.17) is 11.6 Å². The lowest BCUT2D eigenvalue weighted by Gasteiger charge is -2.12. The quantitative estimate of drug-likeness (QED) is 0.554. The molecule has 0 bridgehead atoms. The number of fused-ring (bicyclic) bond motifs is 1. The first kappa shape index (κ1) is 17.2. The summed E-state index contributed by atoms with van der Waals surface area (Å²) in [6.45, 7) is 0. The maximum Gasteiger partial charge on any atom is 0.182 e. The number of rotatable bonds is 3. The Balaban J connectivity index is 1.94. The molecule has 0 aliphatic heterocycles. The van der Waals surface area contributed by atoms with Crippen LogP contribution >= 0.6 is 11.6 Å². The van der Waals surface area contributed by atoms with E-state index in [1.165, 1.54) is 30.6 Å². The van der Waals surface area contributed by atoms with Crippen LogP contribution in [0.5, 0.6) is 0 Å². The summed E-state index contributed by atoms with van der Waals surface area (Å²) in [6, 6.07) is 7.31. The van der Waals surface area contributed by atoms with Crippen LogP contribution in [0.4, 0.5) is 14.6 Å². The van der Waals surface area contributed by atoms with Crippen molar-refractivity contribution in [1.82, 2.24) is 19.9 Å². The third-order valence-electron chi connectivity index (χ3n) is 4.06. The molecule has 2 heterocycles. The van der Waals surface area contributed by atoms with Crippen LogP contribution in [-0.4, -0.2) is 27.0 Å². The predicted molar refractivity (Wildman–Crippen MR) is 100 cm³/mol. The summed E-state index contributed by atoms with van der Waals surface area (Å²) in [5, 5.41) is 3.05. The monoisotopic (exact) mass is 383 g/mol. The third kappa shape index (κ3) is 3.06. The number of hydrogen-bond donors (Lipinski definition) is 1. The number of aromatic nitrogens is 4. The Labute approximate surface area is 158 Å². The Morgan fingerprint density at radius 1 is 1.04 bits per heavy atom. The molecule has 1 N–H and O–H groups in total. The van der Waals surface area contributed by atoms with Crippen LogP contribution in [0.2, 0.25) is 5.02 Å². The summed E-state index contributed by atoms with van der Waals surface area (Å²) in [5.74, 6) is -0.440. The van der Waals surface area contributed by atoms with Crippen molar-refractivity contribution >= 4 is 28.3 Å². The van der Waals surface area contributed by atoms with Crippen molar-refractivity contribution in [2.24, 2.45) is 0 Å². The van der Waals surface area contributed by atoms with Gasteiger partial charge in [0.2, 0.25) is 0 Å². The minimum atomic E-state index is -0.561. The van der Waals surface area contributed by atoms with Gasteiger partial charge >= 0.3 is 0 Å². The van der Waals surface area contributed by atoms with Crippen LogP contribution in [0.25, 0.3) is 33.5 Å². The average molecular weight is 384 g/mol. The Morgan fingerprint density at radius 3 is 2.59 bits per heavy atom. The zero-order chi connectivity index (χ0) is 19.0. The van der Waals surface area contributed by atoms with Gasteiger partial charge in [-0.1, -0.05) is 17.7 Å². The molecule has 134 valence electrons. The van der Waals surface area contributed by atoms with E-state index in [9.17, 15) is 4.39 Å². The zero-order valence-electron chi connectivity index (χ0n) is 14.0. The maximum absolute atomic E-state index is 15.3. The van der Waals surface area contributed by atoms with Gasteiger partial charge in [-0.15, -0.1) is 0 Å². The van der Waals surface area contributed by atoms with Crippen LogP contribution < -0.4 is 5.32 Å². The molecule has 2 aromatic heterocycles. The summed E-state index contributed by atoms with van der Waals surface area (Å²) < 4.78 is 28.7. The van der Waals surface area contributed by atoms with Gasteiger partial charge in [0.1, 0.15) is 23.1 Å². The first-order valence-corrected chi connectivity index (χ1v) is 8.36. The largest absolute Gasteiger partial charge is 0.372 e. The molecule has 0 aliphatic rings. The second-order valence-electron chi connectivity index (χ2n) is 5.69. The Morgan fingerprint density at radius 2 is 1.89 bits per heavy atom. The highest BCUT2D eigenvalue weighted by Crippen LogP contribution is 2.34. The van der Waals surface area contributed by atoms with Gasteiger partial charge in [0, 0.05) is 25.0 Å². The van der Waals surface area contributed by atoms with Gasteiger partial charge in [0.25, 0.3) is 0 Å². The number of benzene rings is 2. The molecular weight excluding hydrogens is 372 g/mol. The normalized spacial score (nSPS) is 11.0. The summed E-state index contributed by atoms with van der Waals surface area (Å²) in [5.41, 5.74) is 1.62. The number of hydrogen-bond acceptors (Lipinski definition) is 5. The molecule has 0 atom stereocenters. The van der Waals surface area contributed by atoms with Crippen molar-refractivity contribution in [2.75, 3.05) is 12.4 Å². The molecule has 27 heavy (non-hydrogen) atoms.